The van der Waals surface area contributed by atoms with Crippen LogP contribution in [0.5, 0.6) is 0 Å². The Morgan fingerprint density at radius 1 is 1.29 bits per heavy atom. The van der Waals surface area contributed by atoms with Gasteiger partial charge in [0.05, 0.1) is 16.0 Å². The zero-order chi connectivity index (χ0) is 15.6. The predicted octanol–water partition coefficient (Wildman–Crippen LogP) is 4.30. The fourth-order valence-corrected chi connectivity index (χ4v) is 3.86. The van der Waals surface area contributed by atoms with E-state index >= 15 is 0 Å². The Morgan fingerprint density at radius 3 is 2.57 bits per heavy atom. The van der Waals surface area contributed by atoms with Gasteiger partial charge in [0.15, 0.2) is 0 Å². The molecule has 0 aliphatic heterocycles. The summed E-state index contributed by atoms with van der Waals surface area (Å²) >= 11 is 5.29. The molecule has 2 aromatic heterocycles. The first-order valence-corrected chi connectivity index (χ1v) is 8.89. The minimum absolute atomic E-state index is 0.168. The van der Waals surface area contributed by atoms with Crippen LogP contribution in [0.4, 0.5) is 0 Å². The summed E-state index contributed by atoms with van der Waals surface area (Å²) in [5.41, 5.74) is 3.98. The maximum atomic E-state index is 4.71. The third kappa shape index (κ3) is 4.66. The number of nitrogens with zero attached hydrogens (tertiary/aromatic N) is 2. The molecule has 2 rings (SSSR count). The van der Waals surface area contributed by atoms with Crippen molar-refractivity contribution < 1.29 is 0 Å². The first-order chi connectivity index (χ1) is 9.76. The van der Waals surface area contributed by atoms with Gasteiger partial charge in [0, 0.05) is 16.1 Å². The molecule has 0 fully saturated rings. The summed E-state index contributed by atoms with van der Waals surface area (Å²) in [5.74, 6) is 0. The summed E-state index contributed by atoms with van der Waals surface area (Å²) < 4.78 is 3.30. The fraction of sp³-hybridized carbons (Fsp3) is 0.562. The van der Waals surface area contributed by atoms with E-state index < -0.39 is 0 Å². The van der Waals surface area contributed by atoms with Crippen molar-refractivity contribution in [2.45, 2.75) is 53.1 Å². The van der Waals surface area contributed by atoms with Crippen LogP contribution in [-0.2, 0) is 13.0 Å². The van der Waals surface area contributed by atoms with Crippen LogP contribution in [0.2, 0.25) is 0 Å². The van der Waals surface area contributed by atoms with Crippen molar-refractivity contribution in [3.05, 3.63) is 37.7 Å². The summed E-state index contributed by atoms with van der Waals surface area (Å²) in [4.78, 5) is 1.33. The van der Waals surface area contributed by atoms with Crippen molar-refractivity contribution in [2.24, 2.45) is 0 Å². The lowest BCUT2D eigenvalue weighted by molar-refractivity contribution is 0.429. The molecule has 0 amide bonds. The van der Waals surface area contributed by atoms with Crippen molar-refractivity contribution in [3.8, 4) is 0 Å². The molecule has 0 atom stereocenters. The Bertz CT molecular complexity index is 608. The number of aromatic nitrogens is 2. The van der Waals surface area contributed by atoms with Gasteiger partial charge >= 0.3 is 0 Å². The lowest BCUT2D eigenvalue weighted by Crippen LogP contribution is -2.37. The van der Waals surface area contributed by atoms with Crippen molar-refractivity contribution in [1.29, 1.82) is 0 Å². The van der Waals surface area contributed by atoms with Crippen LogP contribution < -0.4 is 5.32 Å². The highest BCUT2D eigenvalue weighted by molar-refractivity contribution is 9.11. The van der Waals surface area contributed by atoms with E-state index in [9.17, 15) is 0 Å². The molecular weight excluding hydrogens is 346 g/mol. The van der Waals surface area contributed by atoms with E-state index in [2.05, 4.69) is 72.7 Å². The molecule has 2 heterocycles. The van der Waals surface area contributed by atoms with Crippen LogP contribution in [0.3, 0.4) is 0 Å². The van der Waals surface area contributed by atoms with Gasteiger partial charge in [0.2, 0.25) is 0 Å². The smallest absolute Gasteiger partial charge is 0.0755 e. The largest absolute Gasteiger partial charge is 0.312 e. The summed E-state index contributed by atoms with van der Waals surface area (Å²) in [6.45, 7) is 12.7. The Morgan fingerprint density at radius 2 is 2.00 bits per heavy atom. The minimum Gasteiger partial charge on any atom is -0.312 e. The van der Waals surface area contributed by atoms with E-state index in [1.807, 2.05) is 0 Å². The van der Waals surface area contributed by atoms with Crippen molar-refractivity contribution in [2.75, 3.05) is 6.54 Å². The lowest BCUT2D eigenvalue weighted by Gasteiger charge is -2.20. The molecule has 116 valence electrons. The van der Waals surface area contributed by atoms with Crippen LogP contribution in [0, 0.1) is 13.8 Å². The monoisotopic (exact) mass is 369 g/mol. The normalized spacial score (nSPS) is 12.1. The number of hydrogen-bond donors (Lipinski definition) is 1. The molecule has 5 heteroatoms. The van der Waals surface area contributed by atoms with Gasteiger partial charge in [-0.25, -0.2) is 0 Å². The van der Waals surface area contributed by atoms with Gasteiger partial charge in [-0.2, -0.15) is 5.10 Å². The first-order valence-electron chi connectivity index (χ1n) is 7.28. The molecule has 0 radical (unpaired) electrons. The van der Waals surface area contributed by atoms with Gasteiger partial charge in [0.1, 0.15) is 0 Å². The quantitative estimate of drug-likeness (QED) is 0.850. The van der Waals surface area contributed by atoms with Crippen LogP contribution in [-0.4, -0.2) is 21.9 Å². The van der Waals surface area contributed by atoms with E-state index in [0.717, 1.165) is 25.2 Å². The SMILES string of the molecule is Cc1nn(Cc2ccc(Br)s2)c(C)c1CCNC(C)(C)C. The third-order valence-electron chi connectivity index (χ3n) is 3.50. The van der Waals surface area contributed by atoms with E-state index in [0.29, 0.717) is 0 Å². The van der Waals surface area contributed by atoms with Crippen LogP contribution in [0.25, 0.3) is 0 Å². The molecule has 0 unspecified atom stereocenters. The van der Waals surface area contributed by atoms with Gasteiger partial charge in [-0.1, -0.05) is 0 Å². The molecule has 0 aromatic carbocycles. The highest BCUT2D eigenvalue weighted by Crippen LogP contribution is 2.24. The Kier molecular flexibility index (Phi) is 5.28. The highest BCUT2D eigenvalue weighted by atomic mass is 79.9. The average Bonchev–Trinajstić information content (AvgIpc) is 2.87. The Balaban J connectivity index is 2.06. The standard InChI is InChI=1S/C16H24BrN3S/c1-11-14(8-9-18-16(3,4)5)12(2)20(19-11)10-13-6-7-15(17)21-13/h6-7,18H,8-10H2,1-5H3. The maximum Gasteiger partial charge on any atom is 0.0755 e. The Labute approximate surface area is 139 Å². The number of aryl methyl sites for hydroxylation is 1. The van der Waals surface area contributed by atoms with Crippen LogP contribution >= 0.6 is 27.3 Å². The molecule has 1 N–H and O–H groups in total. The number of halogens is 1. The second kappa shape index (κ2) is 6.63. The fourth-order valence-electron chi connectivity index (χ4n) is 2.40. The van der Waals surface area contributed by atoms with Crippen LogP contribution in [0.1, 0.15) is 42.6 Å². The number of hydrogen-bond acceptors (Lipinski definition) is 3. The molecule has 2 aromatic rings. The summed E-state index contributed by atoms with van der Waals surface area (Å²) in [6.07, 6.45) is 1.03. The zero-order valence-electron chi connectivity index (χ0n) is 13.5. The van der Waals surface area contributed by atoms with Gasteiger partial charge < -0.3 is 5.32 Å². The van der Waals surface area contributed by atoms with E-state index in [-0.39, 0.29) is 5.54 Å². The van der Waals surface area contributed by atoms with Crippen molar-refractivity contribution in [1.82, 2.24) is 15.1 Å². The lowest BCUT2D eigenvalue weighted by atomic mass is 10.1. The van der Waals surface area contributed by atoms with Gasteiger partial charge in [-0.3, -0.25) is 4.68 Å². The molecule has 21 heavy (non-hydrogen) atoms. The van der Waals surface area contributed by atoms with Crippen LogP contribution in [0.15, 0.2) is 15.9 Å². The van der Waals surface area contributed by atoms with Gasteiger partial charge in [-0.15, -0.1) is 11.3 Å². The number of thiophene rings is 1. The summed E-state index contributed by atoms with van der Waals surface area (Å²) in [7, 11) is 0. The summed E-state index contributed by atoms with van der Waals surface area (Å²) in [6, 6.07) is 4.26. The zero-order valence-corrected chi connectivity index (χ0v) is 15.9. The predicted molar refractivity (Wildman–Crippen MR) is 94.3 cm³/mol. The van der Waals surface area contributed by atoms with E-state index in [1.165, 1.54) is 19.9 Å². The highest BCUT2D eigenvalue weighted by Gasteiger charge is 2.14. The topological polar surface area (TPSA) is 29.9 Å². The number of rotatable bonds is 5. The molecule has 0 saturated carbocycles. The molecular formula is C16H24BrN3S. The maximum absolute atomic E-state index is 4.71. The second-order valence-corrected chi connectivity index (χ2v) is 8.99. The van der Waals surface area contributed by atoms with Crippen molar-refractivity contribution in [3.63, 3.8) is 0 Å². The number of nitrogens with one attached hydrogen (secondary N) is 1. The van der Waals surface area contributed by atoms with E-state index in [4.69, 9.17) is 5.10 Å². The van der Waals surface area contributed by atoms with Gasteiger partial charge in [-0.05, 0) is 81.2 Å². The third-order valence-corrected chi connectivity index (χ3v) is 5.10. The summed E-state index contributed by atoms with van der Waals surface area (Å²) in [5, 5.41) is 8.26. The van der Waals surface area contributed by atoms with Crippen molar-refractivity contribution >= 4 is 27.3 Å². The molecule has 3 nitrogen and oxygen atoms in total. The minimum atomic E-state index is 0.168. The first kappa shape index (κ1) is 16.7. The molecule has 0 aliphatic carbocycles. The molecule has 0 bridgehead atoms. The molecule has 0 aliphatic rings. The molecule has 0 saturated heterocycles. The second-order valence-electron chi connectivity index (χ2n) is 6.44. The van der Waals surface area contributed by atoms with E-state index in [1.54, 1.807) is 11.3 Å². The average molecular weight is 370 g/mol. The van der Waals surface area contributed by atoms with Gasteiger partial charge in [0.25, 0.3) is 0 Å². The molecule has 0 spiro atoms. The Hall–Kier alpha value is -0.650.